The van der Waals surface area contributed by atoms with E-state index in [2.05, 4.69) is 14.7 Å². The van der Waals surface area contributed by atoms with Gasteiger partial charge >= 0.3 is 0 Å². The van der Waals surface area contributed by atoms with Crippen LogP contribution in [0.3, 0.4) is 0 Å². The summed E-state index contributed by atoms with van der Waals surface area (Å²) < 4.78 is 35.5. The minimum absolute atomic E-state index is 0.169. The van der Waals surface area contributed by atoms with Crippen molar-refractivity contribution >= 4 is 21.5 Å². The molecule has 0 bridgehead atoms. The van der Waals surface area contributed by atoms with Crippen LogP contribution >= 0.6 is 0 Å². The Balaban J connectivity index is 1.65. The SMILES string of the molecule is CCOc1ccc(S(=O)(=O)Nc2cc(-c3cn4cccnc4n3)ccc2C)cc1. The average molecular weight is 408 g/mol. The Morgan fingerprint density at radius 3 is 2.66 bits per heavy atom. The van der Waals surface area contributed by atoms with E-state index in [9.17, 15) is 8.42 Å². The maximum atomic E-state index is 12.8. The highest BCUT2D eigenvalue weighted by molar-refractivity contribution is 7.92. The molecule has 1 N–H and O–H groups in total. The summed E-state index contributed by atoms with van der Waals surface area (Å²) >= 11 is 0. The summed E-state index contributed by atoms with van der Waals surface area (Å²) in [5.74, 6) is 1.21. The topological polar surface area (TPSA) is 85.6 Å². The van der Waals surface area contributed by atoms with Crippen LogP contribution in [0, 0.1) is 6.92 Å². The van der Waals surface area contributed by atoms with E-state index in [1.165, 1.54) is 12.1 Å². The van der Waals surface area contributed by atoms with Gasteiger partial charge in [0.1, 0.15) is 5.75 Å². The quantitative estimate of drug-likeness (QED) is 0.523. The number of nitrogens with one attached hydrogen (secondary N) is 1. The molecule has 0 atom stereocenters. The van der Waals surface area contributed by atoms with Crippen LogP contribution in [0.25, 0.3) is 17.0 Å². The van der Waals surface area contributed by atoms with Gasteiger partial charge in [-0.25, -0.2) is 18.4 Å². The van der Waals surface area contributed by atoms with E-state index in [-0.39, 0.29) is 4.90 Å². The molecule has 148 valence electrons. The van der Waals surface area contributed by atoms with Crippen molar-refractivity contribution < 1.29 is 13.2 Å². The first kappa shape index (κ1) is 18.9. The molecule has 4 rings (SSSR count). The zero-order valence-electron chi connectivity index (χ0n) is 16.0. The number of hydrogen-bond donors (Lipinski definition) is 1. The molecule has 0 aliphatic carbocycles. The van der Waals surface area contributed by atoms with Gasteiger partial charge in [0, 0.05) is 24.2 Å². The molecule has 2 heterocycles. The van der Waals surface area contributed by atoms with Crippen molar-refractivity contribution in [3.8, 4) is 17.0 Å². The molecule has 29 heavy (non-hydrogen) atoms. The number of rotatable bonds is 6. The number of ether oxygens (including phenoxy) is 1. The maximum Gasteiger partial charge on any atom is 0.261 e. The summed E-state index contributed by atoms with van der Waals surface area (Å²) in [6, 6.07) is 13.7. The number of benzene rings is 2. The number of anilines is 1. The number of aryl methyl sites for hydroxylation is 1. The minimum atomic E-state index is -3.73. The molecule has 0 amide bonds. The third-order valence-electron chi connectivity index (χ3n) is 4.46. The normalized spacial score (nSPS) is 11.5. The van der Waals surface area contributed by atoms with E-state index in [4.69, 9.17) is 4.74 Å². The largest absolute Gasteiger partial charge is 0.494 e. The standard InChI is InChI=1S/C21H20N4O3S/c1-3-28-17-7-9-18(10-8-17)29(26,27)24-19-13-16(6-5-15(19)2)20-14-25-12-4-11-22-21(25)23-20/h4-14,24H,3H2,1-2H3. The van der Waals surface area contributed by atoms with Gasteiger partial charge in [0.05, 0.1) is 22.9 Å². The van der Waals surface area contributed by atoms with Crippen LogP contribution in [0.15, 0.2) is 72.0 Å². The summed E-state index contributed by atoms with van der Waals surface area (Å²) in [5, 5.41) is 0. The van der Waals surface area contributed by atoms with Crippen molar-refractivity contribution in [1.29, 1.82) is 0 Å². The van der Waals surface area contributed by atoms with E-state index in [0.717, 1.165) is 11.1 Å². The highest BCUT2D eigenvalue weighted by atomic mass is 32.2. The minimum Gasteiger partial charge on any atom is -0.494 e. The van der Waals surface area contributed by atoms with Gasteiger partial charge < -0.3 is 4.74 Å². The number of aromatic nitrogens is 3. The van der Waals surface area contributed by atoms with Crippen molar-refractivity contribution in [2.45, 2.75) is 18.7 Å². The van der Waals surface area contributed by atoms with Crippen LogP contribution in [0.4, 0.5) is 5.69 Å². The summed E-state index contributed by atoms with van der Waals surface area (Å²) in [6.07, 6.45) is 5.40. The van der Waals surface area contributed by atoms with Gasteiger partial charge in [0.2, 0.25) is 5.78 Å². The zero-order valence-corrected chi connectivity index (χ0v) is 16.8. The van der Waals surface area contributed by atoms with E-state index >= 15 is 0 Å². The van der Waals surface area contributed by atoms with Gasteiger partial charge in [-0.15, -0.1) is 0 Å². The fraction of sp³-hybridized carbons (Fsp3) is 0.143. The molecule has 4 aromatic rings. The van der Waals surface area contributed by atoms with Gasteiger partial charge in [-0.3, -0.25) is 9.12 Å². The summed E-state index contributed by atoms with van der Waals surface area (Å²) in [5.41, 5.74) is 2.82. The van der Waals surface area contributed by atoms with Gasteiger partial charge in [-0.2, -0.15) is 0 Å². The molecule has 0 spiro atoms. The Kier molecular flexibility index (Phi) is 4.94. The summed E-state index contributed by atoms with van der Waals surface area (Å²) in [6.45, 7) is 4.25. The highest BCUT2D eigenvalue weighted by Crippen LogP contribution is 2.27. The van der Waals surface area contributed by atoms with Gasteiger partial charge in [0.15, 0.2) is 0 Å². The Morgan fingerprint density at radius 2 is 1.93 bits per heavy atom. The van der Waals surface area contributed by atoms with Crippen LogP contribution in [0.5, 0.6) is 5.75 Å². The van der Waals surface area contributed by atoms with E-state index < -0.39 is 10.0 Å². The maximum absolute atomic E-state index is 12.8. The molecular formula is C21H20N4O3S. The molecule has 0 unspecified atom stereocenters. The van der Waals surface area contributed by atoms with Crippen LogP contribution in [-0.2, 0) is 10.0 Å². The van der Waals surface area contributed by atoms with Gasteiger partial charge in [0.25, 0.3) is 10.0 Å². The molecule has 0 fully saturated rings. The summed E-state index contributed by atoms with van der Waals surface area (Å²) in [7, 11) is -3.73. The van der Waals surface area contributed by atoms with Gasteiger partial charge in [-0.05, 0) is 55.8 Å². The van der Waals surface area contributed by atoms with E-state index in [1.807, 2.05) is 48.8 Å². The number of hydrogen-bond acceptors (Lipinski definition) is 5. The van der Waals surface area contributed by atoms with Crippen LogP contribution in [-0.4, -0.2) is 29.4 Å². The lowest BCUT2D eigenvalue weighted by atomic mass is 10.1. The first-order valence-corrected chi connectivity index (χ1v) is 10.6. The molecule has 0 saturated heterocycles. The van der Waals surface area contributed by atoms with E-state index in [0.29, 0.717) is 29.5 Å². The average Bonchev–Trinajstić information content (AvgIpc) is 3.14. The van der Waals surface area contributed by atoms with Crippen molar-refractivity contribution in [3.63, 3.8) is 0 Å². The molecule has 0 aliphatic rings. The third-order valence-corrected chi connectivity index (χ3v) is 5.84. The van der Waals surface area contributed by atoms with Crippen LogP contribution < -0.4 is 9.46 Å². The second-order valence-corrected chi connectivity index (χ2v) is 8.18. The third kappa shape index (κ3) is 3.93. The molecule has 7 nitrogen and oxygen atoms in total. The molecule has 0 saturated carbocycles. The van der Waals surface area contributed by atoms with E-state index in [1.54, 1.807) is 24.4 Å². The second-order valence-electron chi connectivity index (χ2n) is 6.49. The fourth-order valence-corrected chi connectivity index (χ4v) is 4.07. The molecule has 2 aromatic carbocycles. The number of fused-ring (bicyclic) bond motifs is 1. The van der Waals surface area contributed by atoms with Crippen molar-refractivity contribution in [2.75, 3.05) is 11.3 Å². The number of nitrogens with zero attached hydrogens (tertiary/aromatic N) is 3. The summed E-state index contributed by atoms with van der Waals surface area (Å²) in [4.78, 5) is 8.88. The monoisotopic (exact) mass is 408 g/mol. The smallest absolute Gasteiger partial charge is 0.261 e. The van der Waals surface area contributed by atoms with Crippen molar-refractivity contribution in [2.24, 2.45) is 0 Å². The first-order chi connectivity index (χ1) is 14.0. The zero-order chi connectivity index (χ0) is 20.4. The second kappa shape index (κ2) is 7.56. The highest BCUT2D eigenvalue weighted by Gasteiger charge is 2.16. The fourth-order valence-electron chi connectivity index (χ4n) is 2.95. The Bertz CT molecular complexity index is 1230. The predicted octanol–water partition coefficient (Wildman–Crippen LogP) is 3.90. The molecular weight excluding hydrogens is 388 g/mol. The Morgan fingerprint density at radius 1 is 1.14 bits per heavy atom. The molecule has 0 aliphatic heterocycles. The lowest BCUT2D eigenvalue weighted by Crippen LogP contribution is -2.13. The van der Waals surface area contributed by atoms with Crippen molar-refractivity contribution in [1.82, 2.24) is 14.4 Å². The number of sulfonamides is 1. The van der Waals surface area contributed by atoms with Crippen LogP contribution in [0.2, 0.25) is 0 Å². The number of imidazole rings is 1. The van der Waals surface area contributed by atoms with Crippen LogP contribution in [0.1, 0.15) is 12.5 Å². The predicted molar refractivity (Wildman–Crippen MR) is 112 cm³/mol. The lowest BCUT2D eigenvalue weighted by molar-refractivity contribution is 0.340. The Hall–Kier alpha value is -3.39. The molecule has 2 aromatic heterocycles. The lowest BCUT2D eigenvalue weighted by Gasteiger charge is -2.12. The first-order valence-electron chi connectivity index (χ1n) is 9.13. The van der Waals surface area contributed by atoms with Crippen molar-refractivity contribution in [3.05, 3.63) is 72.7 Å². The molecule has 8 heteroatoms. The Labute approximate surface area is 169 Å². The molecule has 0 radical (unpaired) electrons. The van der Waals surface area contributed by atoms with Gasteiger partial charge in [-0.1, -0.05) is 12.1 Å².